The Morgan fingerprint density at radius 1 is 1.08 bits per heavy atom. The molecule has 0 atom stereocenters. The summed E-state index contributed by atoms with van der Waals surface area (Å²) in [5, 5.41) is 0.792. The molecule has 3 aromatic rings. The third-order valence-corrected chi connectivity index (χ3v) is 3.38. The second-order valence-corrected chi connectivity index (χ2v) is 4.96. The minimum atomic E-state index is -0.567. The topological polar surface area (TPSA) is 93.5 Å². The van der Waals surface area contributed by atoms with Crippen molar-refractivity contribution in [1.82, 2.24) is 15.8 Å². The molecule has 122 valence electrons. The van der Waals surface area contributed by atoms with Crippen LogP contribution >= 0.6 is 0 Å². The number of benzene rings is 1. The summed E-state index contributed by atoms with van der Waals surface area (Å²) in [6.07, 6.45) is 1.49. The maximum Gasteiger partial charge on any atom is 0.305 e. The van der Waals surface area contributed by atoms with Gasteiger partial charge in [0.25, 0.3) is 5.91 Å². The van der Waals surface area contributed by atoms with E-state index in [0.717, 1.165) is 5.39 Å². The van der Waals surface area contributed by atoms with Crippen LogP contribution in [0.1, 0.15) is 26.6 Å². The second-order valence-electron chi connectivity index (χ2n) is 4.96. The number of hydrogen-bond acceptors (Lipinski definition) is 5. The molecule has 3 rings (SSSR count). The highest BCUT2D eigenvalue weighted by Crippen LogP contribution is 2.26. The summed E-state index contributed by atoms with van der Waals surface area (Å²) in [7, 11) is 1.53. The first-order chi connectivity index (χ1) is 11.7. The maximum absolute atomic E-state index is 12.4. The molecule has 7 nitrogen and oxygen atoms in total. The molecule has 7 heteroatoms. The molecule has 2 aromatic heterocycles. The molecule has 2 amide bonds. The van der Waals surface area contributed by atoms with Gasteiger partial charge in [0.2, 0.25) is 0 Å². The number of fused-ring (bicyclic) bond motifs is 1. The Kier molecular flexibility index (Phi) is 4.53. The highest BCUT2D eigenvalue weighted by molar-refractivity contribution is 6.01. The van der Waals surface area contributed by atoms with Crippen molar-refractivity contribution in [3.8, 4) is 0 Å². The third-order valence-electron chi connectivity index (χ3n) is 3.38. The van der Waals surface area contributed by atoms with E-state index in [1.54, 1.807) is 24.3 Å². The van der Waals surface area contributed by atoms with Crippen LogP contribution in [0.5, 0.6) is 0 Å². The zero-order chi connectivity index (χ0) is 16.9. The lowest BCUT2D eigenvalue weighted by Gasteiger charge is -2.06. The van der Waals surface area contributed by atoms with Crippen LogP contribution in [0.25, 0.3) is 11.0 Å². The molecule has 0 saturated heterocycles. The lowest BCUT2D eigenvalue weighted by molar-refractivity contribution is 0.0826. The van der Waals surface area contributed by atoms with E-state index >= 15 is 0 Å². The average Bonchev–Trinajstić information content (AvgIpc) is 2.99. The number of carbonyl (C=O) groups is 2. The minimum Gasteiger partial charge on any atom is -0.450 e. The van der Waals surface area contributed by atoms with Crippen molar-refractivity contribution in [3.63, 3.8) is 0 Å². The molecule has 0 radical (unpaired) electrons. The lowest BCUT2D eigenvalue weighted by atomic mass is 10.1. The van der Waals surface area contributed by atoms with Crippen molar-refractivity contribution in [2.75, 3.05) is 7.11 Å². The number of aromatic nitrogens is 1. The Morgan fingerprint density at radius 2 is 1.83 bits per heavy atom. The van der Waals surface area contributed by atoms with Crippen LogP contribution in [0.2, 0.25) is 0 Å². The van der Waals surface area contributed by atoms with Gasteiger partial charge in [-0.2, -0.15) is 0 Å². The van der Waals surface area contributed by atoms with Crippen LogP contribution in [-0.4, -0.2) is 23.9 Å². The van der Waals surface area contributed by atoms with Crippen molar-refractivity contribution in [3.05, 3.63) is 65.7 Å². The summed E-state index contributed by atoms with van der Waals surface area (Å²) in [6, 6.07) is 12.2. The summed E-state index contributed by atoms with van der Waals surface area (Å²) in [5.74, 6) is -0.991. The molecule has 0 aliphatic heterocycles. The minimum absolute atomic E-state index is 0.0966. The van der Waals surface area contributed by atoms with Crippen LogP contribution in [0, 0.1) is 0 Å². The Bertz CT molecular complexity index is 874. The molecular formula is C17H15N3O4. The number of para-hydroxylation sites is 1. The highest BCUT2D eigenvalue weighted by atomic mass is 16.5. The fourth-order valence-corrected chi connectivity index (χ4v) is 2.30. The fourth-order valence-electron chi connectivity index (χ4n) is 2.30. The molecule has 0 unspecified atom stereocenters. The molecule has 0 aliphatic rings. The molecule has 0 spiro atoms. The van der Waals surface area contributed by atoms with Gasteiger partial charge in [0, 0.05) is 24.3 Å². The molecule has 2 heterocycles. The number of rotatable bonds is 4. The molecule has 0 saturated carbocycles. The Labute approximate surface area is 137 Å². The molecule has 24 heavy (non-hydrogen) atoms. The summed E-state index contributed by atoms with van der Waals surface area (Å²) in [6.45, 7) is 0.216. The standard InChI is InChI=1S/C17H15N3O4/c1-23-10-12-11-6-2-3-8-14(11)24-15(12)17(22)20-19-16(21)13-7-4-5-9-18-13/h2-9H,10H2,1H3,(H,19,21)(H,20,22). The number of ether oxygens (including phenoxy) is 1. The van der Waals surface area contributed by atoms with E-state index < -0.39 is 11.8 Å². The summed E-state index contributed by atoms with van der Waals surface area (Å²) in [4.78, 5) is 28.2. The normalized spacial score (nSPS) is 10.5. The second kappa shape index (κ2) is 6.93. The molecule has 0 fully saturated rings. The van der Waals surface area contributed by atoms with E-state index in [1.807, 2.05) is 18.2 Å². The molecule has 1 aromatic carbocycles. The van der Waals surface area contributed by atoms with Gasteiger partial charge in [0.15, 0.2) is 5.76 Å². The lowest BCUT2D eigenvalue weighted by Crippen LogP contribution is -2.42. The largest absolute Gasteiger partial charge is 0.450 e. The van der Waals surface area contributed by atoms with Crippen LogP contribution < -0.4 is 10.9 Å². The third kappa shape index (κ3) is 3.11. The number of methoxy groups -OCH3 is 1. The molecular weight excluding hydrogens is 310 g/mol. The maximum atomic E-state index is 12.4. The van der Waals surface area contributed by atoms with Gasteiger partial charge in [-0.25, -0.2) is 0 Å². The molecule has 0 bridgehead atoms. The van der Waals surface area contributed by atoms with Gasteiger partial charge in [0.1, 0.15) is 11.3 Å². The number of hydrazine groups is 1. The predicted molar refractivity (Wildman–Crippen MR) is 86.1 cm³/mol. The van der Waals surface area contributed by atoms with E-state index in [9.17, 15) is 9.59 Å². The van der Waals surface area contributed by atoms with Crippen molar-refractivity contribution < 1.29 is 18.7 Å². The van der Waals surface area contributed by atoms with Crippen LogP contribution in [0.4, 0.5) is 0 Å². The van der Waals surface area contributed by atoms with E-state index in [0.29, 0.717) is 11.1 Å². The van der Waals surface area contributed by atoms with Gasteiger partial charge < -0.3 is 9.15 Å². The zero-order valence-corrected chi connectivity index (χ0v) is 12.9. The Hall–Kier alpha value is -3.19. The smallest absolute Gasteiger partial charge is 0.305 e. The van der Waals surface area contributed by atoms with Gasteiger partial charge in [-0.1, -0.05) is 24.3 Å². The monoisotopic (exact) mass is 325 g/mol. The van der Waals surface area contributed by atoms with Crippen LogP contribution in [0.15, 0.2) is 53.1 Å². The quantitative estimate of drug-likeness (QED) is 0.716. The first-order valence-corrected chi connectivity index (χ1v) is 7.21. The number of pyridine rings is 1. The summed E-state index contributed by atoms with van der Waals surface area (Å²) < 4.78 is 10.7. The first-order valence-electron chi connectivity index (χ1n) is 7.21. The number of nitrogens with zero attached hydrogens (tertiary/aromatic N) is 1. The number of furan rings is 1. The van der Waals surface area contributed by atoms with Crippen molar-refractivity contribution in [2.45, 2.75) is 6.61 Å². The number of hydrogen-bond donors (Lipinski definition) is 2. The van der Waals surface area contributed by atoms with Gasteiger partial charge in [0.05, 0.1) is 6.61 Å². The average molecular weight is 325 g/mol. The van der Waals surface area contributed by atoms with Crippen molar-refractivity contribution >= 4 is 22.8 Å². The Balaban J connectivity index is 1.79. The van der Waals surface area contributed by atoms with E-state index in [1.165, 1.54) is 13.3 Å². The predicted octanol–water partition coefficient (Wildman–Crippen LogP) is 2.05. The number of amides is 2. The number of nitrogens with one attached hydrogen (secondary N) is 2. The van der Waals surface area contributed by atoms with Gasteiger partial charge in [-0.15, -0.1) is 0 Å². The van der Waals surface area contributed by atoms with Crippen molar-refractivity contribution in [1.29, 1.82) is 0 Å². The molecule has 0 aliphatic carbocycles. The van der Waals surface area contributed by atoms with Gasteiger partial charge >= 0.3 is 5.91 Å². The highest BCUT2D eigenvalue weighted by Gasteiger charge is 2.21. The Morgan fingerprint density at radius 3 is 2.58 bits per heavy atom. The summed E-state index contributed by atoms with van der Waals surface area (Å²) >= 11 is 0. The first kappa shape index (κ1) is 15.7. The van der Waals surface area contributed by atoms with E-state index in [4.69, 9.17) is 9.15 Å². The fraction of sp³-hybridized carbons (Fsp3) is 0.118. The SMILES string of the molecule is COCc1c(C(=O)NNC(=O)c2ccccn2)oc2ccccc12. The van der Waals surface area contributed by atoms with E-state index in [2.05, 4.69) is 15.8 Å². The zero-order valence-electron chi connectivity index (χ0n) is 12.9. The van der Waals surface area contributed by atoms with Gasteiger partial charge in [-0.3, -0.25) is 25.4 Å². The van der Waals surface area contributed by atoms with E-state index in [-0.39, 0.29) is 18.1 Å². The van der Waals surface area contributed by atoms with Crippen molar-refractivity contribution in [2.24, 2.45) is 0 Å². The van der Waals surface area contributed by atoms with Crippen LogP contribution in [0.3, 0.4) is 0 Å². The molecule has 2 N–H and O–H groups in total. The summed E-state index contributed by atoms with van der Waals surface area (Å²) in [5.41, 5.74) is 6.03. The van der Waals surface area contributed by atoms with Crippen LogP contribution in [-0.2, 0) is 11.3 Å². The van der Waals surface area contributed by atoms with Gasteiger partial charge in [-0.05, 0) is 18.2 Å². The number of carbonyl (C=O) groups excluding carboxylic acids is 2.